The molecule has 1 fully saturated rings. The molecule has 6 heteroatoms. The molecule has 0 spiro atoms. The molecule has 6 nitrogen and oxygen atoms in total. The van der Waals surface area contributed by atoms with Crippen LogP contribution in [0.15, 0.2) is 47.3 Å². The summed E-state index contributed by atoms with van der Waals surface area (Å²) in [5, 5.41) is 2.88. The standard InChI is InChI=1S/C16H17N3O3/c20-15-4-3-14(19(15)11-13-2-1-9-22-13)16(21)18-10-12-5-7-17-8-6-12/h1-2,5-9,14H,3-4,10-11H2,(H,18,21). The maximum Gasteiger partial charge on any atom is 0.243 e. The van der Waals surface area contributed by atoms with Crippen LogP contribution < -0.4 is 5.32 Å². The van der Waals surface area contributed by atoms with Gasteiger partial charge in [0.05, 0.1) is 12.8 Å². The lowest BCUT2D eigenvalue weighted by Crippen LogP contribution is -2.44. The fourth-order valence-corrected chi connectivity index (χ4v) is 2.58. The fraction of sp³-hybridized carbons (Fsp3) is 0.312. The van der Waals surface area contributed by atoms with E-state index in [4.69, 9.17) is 4.42 Å². The molecule has 1 aliphatic rings. The van der Waals surface area contributed by atoms with E-state index < -0.39 is 6.04 Å². The van der Waals surface area contributed by atoms with Crippen LogP contribution in [0.2, 0.25) is 0 Å². The maximum absolute atomic E-state index is 12.4. The Balaban J connectivity index is 1.61. The molecular weight excluding hydrogens is 282 g/mol. The van der Waals surface area contributed by atoms with Gasteiger partial charge in [0, 0.05) is 25.4 Å². The van der Waals surface area contributed by atoms with E-state index in [1.807, 2.05) is 12.1 Å². The lowest BCUT2D eigenvalue weighted by atomic mass is 10.2. The predicted molar refractivity (Wildman–Crippen MR) is 78.4 cm³/mol. The Morgan fingerprint density at radius 3 is 2.91 bits per heavy atom. The Hall–Kier alpha value is -2.63. The van der Waals surface area contributed by atoms with Crippen molar-refractivity contribution in [3.63, 3.8) is 0 Å². The summed E-state index contributed by atoms with van der Waals surface area (Å²) in [6, 6.07) is 6.84. The Kier molecular flexibility index (Phi) is 4.18. The van der Waals surface area contributed by atoms with E-state index in [1.165, 1.54) is 0 Å². The smallest absolute Gasteiger partial charge is 0.243 e. The second kappa shape index (κ2) is 6.43. The summed E-state index contributed by atoms with van der Waals surface area (Å²) >= 11 is 0. The summed E-state index contributed by atoms with van der Waals surface area (Å²) in [4.78, 5) is 29.9. The fourth-order valence-electron chi connectivity index (χ4n) is 2.58. The number of amides is 2. The van der Waals surface area contributed by atoms with E-state index in [9.17, 15) is 9.59 Å². The molecule has 3 rings (SSSR count). The van der Waals surface area contributed by atoms with Crippen LogP contribution in [0, 0.1) is 0 Å². The van der Waals surface area contributed by atoms with Crippen molar-refractivity contribution in [1.82, 2.24) is 15.2 Å². The highest BCUT2D eigenvalue weighted by molar-refractivity contribution is 5.90. The van der Waals surface area contributed by atoms with Gasteiger partial charge in [-0.05, 0) is 36.2 Å². The molecule has 1 aliphatic heterocycles. The average molecular weight is 299 g/mol. The van der Waals surface area contributed by atoms with Gasteiger partial charge in [0.25, 0.3) is 0 Å². The summed E-state index contributed by atoms with van der Waals surface area (Å²) in [7, 11) is 0. The Morgan fingerprint density at radius 1 is 1.36 bits per heavy atom. The number of rotatable bonds is 5. The molecule has 3 heterocycles. The highest BCUT2D eigenvalue weighted by atomic mass is 16.3. The molecule has 1 saturated heterocycles. The van der Waals surface area contributed by atoms with Gasteiger partial charge in [-0.25, -0.2) is 0 Å². The van der Waals surface area contributed by atoms with Gasteiger partial charge in [-0.15, -0.1) is 0 Å². The normalized spacial score (nSPS) is 17.7. The topological polar surface area (TPSA) is 75.4 Å². The SMILES string of the molecule is O=C(NCc1ccncc1)C1CCC(=O)N1Cc1ccco1. The summed E-state index contributed by atoms with van der Waals surface area (Å²) in [5.74, 6) is 0.539. The van der Waals surface area contributed by atoms with E-state index in [1.54, 1.807) is 35.7 Å². The van der Waals surface area contributed by atoms with Gasteiger partial charge in [-0.3, -0.25) is 14.6 Å². The Bertz CT molecular complexity index is 640. The summed E-state index contributed by atoms with van der Waals surface area (Å²) in [6.07, 6.45) is 5.87. The first-order valence-electron chi connectivity index (χ1n) is 7.22. The van der Waals surface area contributed by atoms with E-state index in [2.05, 4.69) is 10.3 Å². The minimum absolute atomic E-state index is 0.0135. The van der Waals surface area contributed by atoms with Crippen molar-refractivity contribution >= 4 is 11.8 Å². The number of likely N-dealkylation sites (tertiary alicyclic amines) is 1. The zero-order chi connectivity index (χ0) is 15.4. The summed E-state index contributed by atoms with van der Waals surface area (Å²) < 4.78 is 5.27. The van der Waals surface area contributed by atoms with E-state index in [-0.39, 0.29) is 11.8 Å². The minimum Gasteiger partial charge on any atom is -0.467 e. The molecule has 0 bridgehead atoms. The van der Waals surface area contributed by atoms with E-state index in [0.29, 0.717) is 31.7 Å². The first-order valence-corrected chi connectivity index (χ1v) is 7.22. The molecule has 0 aliphatic carbocycles. The van der Waals surface area contributed by atoms with Crippen LogP contribution in [0.3, 0.4) is 0 Å². The van der Waals surface area contributed by atoms with Crippen LogP contribution in [-0.2, 0) is 22.7 Å². The van der Waals surface area contributed by atoms with Gasteiger partial charge >= 0.3 is 0 Å². The second-order valence-electron chi connectivity index (χ2n) is 5.23. The molecule has 2 amide bonds. The van der Waals surface area contributed by atoms with Crippen LogP contribution in [0.4, 0.5) is 0 Å². The number of nitrogens with one attached hydrogen (secondary N) is 1. The molecule has 2 aromatic rings. The zero-order valence-corrected chi connectivity index (χ0v) is 12.1. The average Bonchev–Trinajstić information content (AvgIpc) is 3.17. The summed E-state index contributed by atoms with van der Waals surface area (Å²) in [6.45, 7) is 0.764. The zero-order valence-electron chi connectivity index (χ0n) is 12.1. The largest absolute Gasteiger partial charge is 0.467 e. The second-order valence-corrected chi connectivity index (χ2v) is 5.23. The van der Waals surface area contributed by atoms with Crippen molar-refractivity contribution < 1.29 is 14.0 Å². The van der Waals surface area contributed by atoms with Crippen LogP contribution in [0.1, 0.15) is 24.2 Å². The van der Waals surface area contributed by atoms with Crippen molar-refractivity contribution in [3.8, 4) is 0 Å². The van der Waals surface area contributed by atoms with Gasteiger partial charge in [0.2, 0.25) is 11.8 Å². The first-order chi connectivity index (χ1) is 10.7. The Labute approximate surface area is 128 Å². The highest BCUT2D eigenvalue weighted by Gasteiger charge is 2.36. The van der Waals surface area contributed by atoms with Crippen LogP contribution >= 0.6 is 0 Å². The molecule has 0 saturated carbocycles. The third kappa shape index (κ3) is 3.16. The molecule has 114 valence electrons. The summed E-state index contributed by atoms with van der Waals surface area (Å²) in [5.41, 5.74) is 0.977. The van der Waals surface area contributed by atoms with Crippen molar-refractivity contribution in [1.29, 1.82) is 0 Å². The van der Waals surface area contributed by atoms with Gasteiger partial charge in [0.15, 0.2) is 0 Å². The lowest BCUT2D eigenvalue weighted by molar-refractivity contribution is -0.136. The van der Waals surface area contributed by atoms with Crippen molar-refractivity contribution in [2.45, 2.75) is 32.0 Å². The predicted octanol–water partition coefficient (Wildman–Crippen LogP) is 1.48. The van der Waals surface area contributed by atoms with E-state index >= 15 is 0 Å². The van der Waals surface area contributed by atoms with Crippen LogP contribution in [0.25, 0.3) is 0 Å². The molecule has 0 radical (unpaired) electrons. The minimum atomic E-state index is -0.431. The van der Waals surface area contributed by atoms with Gasteiger partial charge in [0.1, 0.15) is 11.8 Å². The van der Waals surface area contributed by atoms with Crippen molar-refractivity contribution in [3.05, 3.63) is 54.2 Å². The van der Waals surface area contributed by atoms with E-state index in [0.717, 1.165) is 5.56 Å². The lowest BCUT2D eigenvalue weighted by Gasteiger charge is -2.23. The van der Waals surface area contributed by atoms with Crippen molar-refractivity contribution in [2.75, 3.05) is 0 Å². The number of hydrogen-bond donors (Lipinski definition) is 1. The van der Waals surface area contributed by atoms with Gasteiger partial charge in [-0.2, -0.15) is 0 Å². The maximum atomic E-state index is 12.4. The number of nitrogens with zero attached hydrogens (tertiary/aromatic N) is 2. The van der Waals surface area contributed by atoms with Gasteiger partial charge < -0.3 is 14.6 Å². The molecule has 0 aromatic carbocycles. The third-order valence-corrected chi connectivity index (χ3v) is 3.75. The highest BCUT2D eigenvalue weighted by Crippen LogP contribution is 2.22. The number of pyridine rings is 1. The number of carbonyl (C=O) groups excluding carboxylic acids is 2. The molecule has 1 unspecified atom stereocenters. The van der Waals surface area contributed by atoms with Crippen LogP contribution in [-0.4, -0.2) is 27.7 Å². The Morgan fingerprint density at radius 2 is 2.18 bits per heavy atom. The molecule has 1 N–H and O–H groups in total. The monoisotopic (exact) mass is 299 g/mol. The third-order valence-electron chi connectivity index (χ3n) is 3.75. The number of hydrogen-bond acceptors (Lipinski definition) is 4. The van der Waals surface area contributed by atoms with Crippen LogP contribution in [0.5, 0.6) is 0 Å². The van der Waals surface area contributed by atoms with Gasteiger partial charge in [-0.1, -0.05) is 0 Å². The van der Waals surface area contributed by atoms with Crippen molar-refractivity contribution in [2.24, 2.45) is 0 Å². The molecule has 2 aromatic heterocycles. The molecular formula is C16H17N3O3. The molecule has 22 heavy (non-hydrogen) atoms. The quantitative estimate of drug-likeness (QED) is 0.907. The molecule has 1 atom stereocenters. The number of furan rings is 1. The number of aromatic nitrogens is 1. The number of carbonyl (C=O) groups is 2. The first kappa shape index (κ1) is 14.3.